The van der Waals surface area contributed by atoms with E-state index >= 15 is 0 Å². The fourth-order valence-corrected chi connectivity index (χ4v) is 2.48. The molecule has 0 aliphatic heterocycles. The van der Waals surface area contributed by atoms with Crippen LogP contribution in [0.4, 0.5) is 11.6 Å². The standard InChI is InChI=1S/C14H25N5/c1-5-14(7-6-8-14)18-12-10(4)13(19-15)17-11(16-12)9(2)3/h9H,5-8,15H2,1-4H3,(H2,16,17,18,19). The van der Waals surface area contributed by atoms with E-state index in [0.29, 0.717) is 5.82 Å². The van der Waals surface area contributed by atoms with Crippen LogP contribution in [0.1, 0.15) is 63.8 Å². The second kappa shape index (κ2) is 5.33. The number of rotatable bonds is 5. The van der Waals surface area contributed by atoms with E-state index in [-0.39, 0.29) is 11.5 Å². The number of hydrazine groups is 1. The number of hydrogen-bond acceptors (Lipinski definition) is 5. The van der Waals surface area contributed by atoms with Crippen LogP contribution in [0.15, 0.2) is 0 Å². The van der Waals surface area contributed by atoms with E-state index in [1.807, 2.05) is 6.92 Å². The molecule has 5 heteroatoms. The second-order valence-corrected chi connectivity index (χ2v) is 5.82. The van der Waals surface area contributed by atoms with E-state index in [4.69, 9.17) is 5.84 Å². The predicted molar refractivity (Wildman–Crippen MR) is 79.2 cm³/mol. The first kappa shape index (κ1) is 14.1. The van der Waals surface area contributed by atoms with Crippen LogP contribution in [0.25, 0.3) is 0 Å². The van der Waals surface area contributed by atoms with Crippen molar-refractivity contribution in [1.29, 1.82) is 0 Å². The molecule has 19 heavy (non-hydrogen) atoms. The minimum absolute atomic E-state index is 0.221. The fraction of sp³-hybridized carbons (Fsp3) is 0.714. The van der Waals surface area contributed by atoms with Gasteiger partial charge in [0.25, 0.3) is 0 Å². The summed E-state index contributed by atoms with van der Waals surface area (Å²) >= 11 is 0. The lowest BCUT2D eigenvalue weighted by atomic mass is 9.75. The average molecular weight is 263 g/mol. The highest BCUT2D eigenvalue weighted by atomic mass is 15.3. The molecule has 1 fully saturated rings. The first-order valence-electron chi connectivity index (χ1n) is 7.14. The lowest BCUT2D eigenvalue weighted by Crippen LogP contribution is -2.44. The minimum Gasteiger partial charge on any atom is -0.364 e. The Bertz CT molecular complexity index is 446. The summed E-state index contributed by atoms with van der Waals surface area (Å²) in [5, 5.41) is 3.63. The zero-order valence-corrected chi connectivity index (χ0v) is 12.4. The van der Waals surface area contributed by atoms with E-state index in [1.54, 1.807) is 0 Å². The Kier molecular flexibility index (Phi) is 3.94. The Hall–Kier alpha value is -1.36. The SMILES string of the molecule is CCC1(Nc2nc(C(C)C)nc(NN)c2C)CCC1. The second-order valence-electron chi connectivity index (χ2n) is 5.82. The van der Waals surface area contributed by atoms with Crippen molar-refractivity contribution in [2.75, 3.05) is 10.7 Å². The van der Waals surface area contributed by atoms with Gasteiger partial charge in [-0.05, 0) is 32.6 Å². The third kappa shape index (κ3) is 2.66. The van der Waals surface area contributed by atoms with Crippen LogP contribution < -0.4 is 16.6 Å². The van der Waals surface area contributed by atoms with Gasteiger partial charge in [0, 0.05) is 17.0 Å². The van der Waals surface area contributed by atoms with Gasteiger partial charge in [0.15, 0.2) is 0 Å². The predicted octanol–water partition coefficient (Wildman–Crippen LogP) is 2.94. The van der Waals surface area contributed by atoms with E-state index in [0.717, 1.165) is 23.6 Å². The fourth-order valence-electron chi connectivity index (χ4n) is 2.48. The molecular weight excluding hydrogens is 238 g/mol. The number of anilines is 2. The summed E-state index contributed by atoms with van der Waals surface area (Å²) in [4.78, 5) is 9.14. The van der Waals surface area contributed by atoms with Gasteiger partial charge in [-0.3, -0.25) is 0 Å². The number of nitrogens with two attached hydrogens (primary N) is 1. The molecule has 2 rings (SSSR count). The zero-order chi connectivity index (χ0) is 14.0. The lowest BCUT2D eigenvalue weighted by Gasteiger charge is -2.42. The van der Waals surface area contributed by atoms with Gasteiger partial charge in [-0.1, -0.05) is 20.8 Å². The lowest BCUT2D eigenvalue weighted by molar-refractivity contribution is 0.268. The summed E-state index contributed by atoms with van der Waals surface area (Å²) in [7, 11) is 0. The van der Waals surface area contributed by atoms with Crippen LogP contribution in [0.2, 0.25) is 0 Å². The van der Waals surface area contributed by atoms with E-state index in [1.165, 1.54) is 19.3 Å². The molecule has 1 saturated carbocycles. The van der Waals surface area contributed by atoms with Crippen molar-refractivity contribution in [3.8, 4) is 0 Å². The van der Waals surface area contributed by atoms with E-state index in [9.17, 15) is 0 Å². The normalized spacial score (nSPS) is 17.2. The number of aromatic nitrogens is 2. The van der Waals surface area contributed by atoms with Crippen LogP contribution in [0.5, 0.6) is 0 Å². The minimum atomic E-state index is 0.221. The number of nitrogens with zero attached hydrogens (tertiary/aromatic N) is 2. The Morgan fingerprint density at radius 3 is 2.32 bits per heavy atom. The Morgan fingerprint density at radius 1 is 1.26 bits per heavy atom. The molecule has 1 aromatic rings. The summed E-state index contributed by atoms with van der Waals surface area (Å²) in [5.41, 5.74) is 3.89. The first-order chi connectivity index (χ1) is 9.01. The van der Waals surface area contributed by atoms with Crippen LogP contribution in [-0.2, 0) is 0 Å². The quantitative estimate of drug-likeness (QED) is 0.562. The topological polar surface area (TPSA) is 75.9 Å². The molecule has 106 valence electrons. The van der Waals surface area contributed by atoms with Crippen molar-refractivity contribution in [2.45, 2.75) is 64.8 Å². The van der Waals surface area contributed by atoms with Gasteiger partial charge < -0.3 is 10.7 Å². The summed E-state index contributed by atoms with van der Waals surface area (Å²) in [5.74, 6) is 8.31. The molecule has 0 atom stereocenters. The Balaban J connectivity index is 2.35. The van der Waals surface area contributed by atoms with Crippen LogP contribution >= 0.6 is 0 Å². The highest BCUT2D eigenvalue weighted by molar-refractivity contribution is 5.58. The molecule has 4 N–H and O–H groups in total. The largest absolute Gasteiger partial charge is 0.364 e. The van der Waals surface area contributed by atoms with Gasteiger partial charge in [-0.15, -0.1) is 0 Å². The maximum Gasteiger partial charge on any atom is 0.148 e. The maximum atomic E-state index is 5.56. The monoisotopic (exact) mass is 263 g/mol. The van der Waals surface area contributed by atoms with Gasteiger partial charge in [0.1, 0.15) is 17.5 Å². The number of nitrogens with one attached hydrogen (secondary N) is 2. The smallest absolute Gasteiger partial charge is 0.148 e. The van der Waals surface area contributed by atoms with Gasteiger partial charge in [-0.25, -0.2) is 15.8 Å². The van der Waals surface area contributed by atoms with E-state index in [2.05, 4.69) is 41.5 Å². The third-order valence-corrected chi connectivity index (χ3v) is 4.19. The molecule has 0 amide bonds. The molecule has 0 unspecified atom stereocenters. The van der Waals surface area contributed by atoms with Crippen molar-refractivity contribution in [1.82, 2.24) is 9.97 Å². The van der Waals surface area contributed by atoms with Crippen LogP contribution in [-0.4, -0.2) is 15.5 Å². The van der Waals surface area contributed by atoms with Gasteiger partial charge in [-0.2, -0.15) is 0 Å². The summed E-state index contributed by atoms with van der Waals surface area (Å²) in [6.45, 7) is 8.42. The molecule has 1 heterocycles. The highest BCUT2D eigenvalue weighted by Crippen LogP contribution is 2.38. The number of hydrogen-bond donors (Lipinski definition) is 3. The van der Waals surface area contributed by atoms with Gasteiger partial charge in [0.2, 0.25) is 0 Å². The van der Waals surface area contributed by atoms with Crippen molar-refractivity contribution in [3.63, 3.8) is 0 Å². The molecule has 0 bridgehead atoms. The third-order valence-electron chi connectivity index (χ3n) is 4.19. The molecule has 0 radical (unpaired) electrons. The van der Waals surface area contributed by atoms with Crippen molar-refractivity contribution >= 4 is 11.6 Å². The molecule has 1 aliphatic carbocycles. The van der Waals surface area contributed by atoms with Crippen LogP contribution in [0.3, 0.4) is 0 Å². The summed E-state index contributed by atoms with van der Waals surface area (Å²) in [6, 6.07) is 0. The van der Waals surface area contributed by atoms with Crippen molar-refractivity contribution in [2.24, 2.45) is 5.84 Å². The molecule has 1 aromatic heterocycles. The molecule has 1 aliphatic rings. The molecule has 5 nitrogen and oxygen atoms in total. The van der Waals surface area contributed by atoms with Gasteiger partial charge >= 0.3 is 0 Å². The van der Waals surface area contributed by atoms with Crippen molar-refractivity contribution in [3.05, 3.63) is 11.4 Å². The maximum absolute atomic E-state index is 5.56. The van der Waals surface area contributed by atoms with Crippen LogP contribution in [0, 0.1) is 6.92 Å². The number of nitrogen functional groups attached to an aromatic ring is 1. The molecule has 0 aromatic carbocycles. The average Bonchev–Trinajstić information content (AvgIpc) is 2.35. The van der Waals surface area contributed by atoms with Crippen molar-refractivity contribution < 1.29 is 0 Å². The van der Waals surface area contributed by atoms with Gasteiger partial charge in [0.05, 0.1) is 0 Å². The summed E-state index contributed by atoms with van der Waals surface area (Å²) < 4.78 is 0. The molecule has 0 spiro atoms. The first-order valence-corrected chi connectivity index (χ1v) is 7.14. The highest BCUT2D eigenvalue weighted by Gasteiger charge is 2.35. The van der Waals surface area contributed by atoms with E-state index < -0.39 is 0 Å². The Labute approximate surface area is 115 Å². The Morgan fingerprint density at radius 2 is 1.89 bits per heavy atom. The zero-order valence-electron chi connectivity index (χ0n) is 12.4. The summed E-state index contributed by atoms with van der Waals surface area (Å²) in [6.07, 6.45) is 4.85. The molecular formula is C14H25N5. The molecule has 0 saturated heterocycles.